The van der Waals surface area contributed by atoms with Crippen LogP contribution in [0.5, 0.6) is 0 Å². The van der Waals surface area contributed by atoms with Gasteiger partial charge in [-0.15, -0.1) is 0 Å². The molecule has 1 fully saturated rings. The Morgan fingerprint density at radius 1 is 1.18 bits per heavy atom. The predicted octanol–water partition coefficient (Wildman–Crippen LogP) is 4.15. The molecule has 0 saturated carbocycles. The quantitative estimate of drug-likeness (QED) is 0.161. The molecular weight excluding hydrogens is 530 g/mol. The number of nitrogens with zero attached hydrogens (tertiary/aromatic N) is 2. The van der Waals surface area contributed by atoms with E-state index in [1.54, 1.807) is 6.07 Å². The lowest BCUT2D eigenvalue weighted by Crippen LogP contribution is -2.54. The second kappa shape index (κ2) is 9.00. The summed E-state index contributed by atoms with van der Waals surface area (Å²) in [5.41, 5.74) is 0.272. The fraction of sp³-hybridized carbons (Fsp3) is 0. The van der Waals surface area contributed by atoms with Crippen molar-refractivity contribution in [3.8, 4) is 11.3 Å². The molecule has 34 heavy (non-hydrogen) atoms. The van der Waals surface area contributed by atoms with Gasteiger partial charge in [-0.1, -0.05) is 6.07 Å². The third-order valence-electron chi connectivity index (χ3n) is 4.80. The summed E-state index contributed by atoms with van der Waals surface area (Å²) < 4.78 is 6.16. The van der Waals surface area contributed by atoms with Gasteiger partial charge in [0.05, 0.1) is 16.2 Å². The van der Waals surface area contributed by atoms with Crippen molar-refractivity contribution in [2.75, 3.05) is 4.90 Å². The Morgan fingerprint density at radius 2 is 1.94 bits per heavy atom. The fourth-order valence-corrected chi connectivity index (χ4v) is 4.05. The van der Waals surface area contributed by atoms with Crippen molar-refractivity contribution < 1.29 is 28.8 Å². The van der Waals surface area contributed by atoms with E-state index in [1.165, 1.54) is 54.6 Å². The Labute approximate surface area is 204 Å². The molecule has 0 unspecified atom stereocenters. The molecule has 170 valence electrons. The minimum atomic E-state index is -1.18. The number of carbonyl (C=O) groups excluding carboxylic acids is 2. The molecule has 4 rings (SSSR count). The number of hydrogen-bond donors (Lipinski definition) is 2. The summed E-state index contributed by atoms with van der Waals surface area (Å²) >= 11 is 8.40. The Hall–Kier alpha value is -4.16. The summed E-state index contributed by atoms with van der Waals surface area (Å²) in [6.45, 7) is 0. The largest absolute Gasteiger partial charge is 0.478 e. The lowest BCUT2D eigenvalue weighted by Gasteiger charge is -2.28. The van der Waals surface area contributed by atoms with Crippen LogP contribution in [0.25, 0.3) is 17.4 Å². The van der Waals surface area contributed by atoms with E-state index in [2.05, 4.69) is 21.2 Å². The number of anilines is 1. The standard InChI is InChI=1S/C22H12BrN3O7S/c23-17-9-13(26(31)32)4-6-15(17)18-7-5-14(33-18)10-16-19(27)24-22(34)25(20(16)28)12-3-1-2-11(8-12)21(29)30/h1-10H,(H,29,30)(H,24,27,34). The maximum atomic E-state index is 13.1. The fourth-order valence-electron chi connectivity index (χ4n) is 3.20. The number of nitrogens with one attached hydrogen (secondary N) is 1. The molecule has 2 N–H and O–H groups in total. The molecule has 2 aromatic carbocycles. The van der Waals surface area contributed by atoms with E-state index in [0.717, 1.165) is 4.90 Å². The van der Waals surface area contributed by atoms with Crippen molar-refractivity contribution in [1.29, 1.82) is 0 Å². The van der Waals surface area contributed by atoms with Crippen LogP contribution < -0.4 is 10.2 Å². The molecule has 10 nitrogen and oxygen atoms in total. The molecule has 0 bridgehead atoms. The van der Waals surface area contributed by atoms with Crippen LogP contribution in [0.15, 0.2) is 69.1 Å². The highest BCUT2D eigenvalue weighted by Gasteiger charge is 2.35. The summed E-state index contributed by atoms with van der Waals surface area (Å²) in [4.78, 5) is 48.3. The molecule has 2 heterocycles. The number of nitro benzene ring substituents is 1. The number of carbonyl (C=O) groups is 3. The van der Waals surface area contributed by atoms with E-state index in [9.17, 15) is 29.6 Å². The average molecular weight is 542 g/mol. The minimum absolute atomic E-state index is 0.0557. The number of carboxylic acids is 1. The molecule has 1 aliphatic heterocycles. The number of non-ortho nitro benzene ring substituents is 1. The molecule has 0 radical (unpaired) electrons. The van der Waals surface area contributed by atoms with E-state index >= 15 is 0 Å². The molecule has 0 spiro atoms. The van der Waals surface area contributed by atoms with Crippen molar-refractivity contribution >= 4 is 68.5 Å². The number of nitro groups is 1. The molecular formula is C22H12BrN3O7S. The number of halogens is 1. The third-order valence-corrected chi connectivity index (χ3v) is 5.74. The van der Waals surface area contributed by atoms with Crippen LogP contribution in [0, 0.1) is 10.1 Å². The number of aromatic carboxylic acids is 1. The molecule has 1 saturated heterocycles. The minimum Gasteiger partial charge on any atom is -0.478 e. The molecule has 12 heteroatoms. The van der Waals surface area contributed by atoms with E-state index < -0.39 is 22.7 Å². The van der Waals surface area contributed by atoms with Gasteiger partial charge in [-0.2, -0.15) is 0 Å². The van der Waals surface area contributed by atoms with Crippen LogP contribution in [0.4, 0.5) is 11.4 Å². The van der Waals surface area contributed by atoms with Crippen LogP contribution in [-0.2, 0) is 9.59 Å². The lowest BCUT2D eigenvalue weighted by atomic mass is 10.1. The zero-order valence-electron chi connectivity index (χ0n) is 16.9. The van der Waals surface area contributed by atoms with E-state index in [-0.39, 0.29) is 33.4 Å². The normalized spacial score (nSPS) is 14.9. The van der Waals surface area contributed by atoms with Gasteiger partial charge in [-0.05, 0) is 70.6 Å². The van der Waals surface area contributed by atoms with Gasteiger partial charge in [-0.25, -0.2) is 4.79 Å². The topological polar surface area (TPSA) is 143 Å². The number of benzene rings is 2. The summed E-state index contributed by atoms with van der Waals surface area (Å²) in [5.74, 6) is -2.16. The zero-order valence-corrected chi connectivity index (χ0v) is 19.3. The Balaban J connectivity index is 1.67. The number of hydrogen-bond acceptors (Lipinski definition) is 7. The van der Waals surface area contributed by atoms with E-state index in [0.29, 0.717) is 15.8 Å². The number of amides is 2. The first-order valence-corrected chi connectivity index (χ1v) is 10.6. The smallest absolute Gasteiger partial charge is 0.335 e. The summed E-state index contributed by atoms with van der Waals surface area (Å²) in [7, 11) is 0. The maximum absolute atomic E-state index is 13.1. The summed E-state index contributed by atoms with van der Waals surface area (Å²) in [5, 5.41) is 22.4. The molecule has 3 aromatic rings. The van der Waals surface area contributed by atoms with Crippen LogP contribution in [0.1, 0.15) is 16.1 Å². The van der Waals surface area contributed by atoms with Gasteiger partial charge >= 0.3 is 5.97 Å². The lowest BCUT2D eigenvalue weighted by molar-refractivity contribution is -0.384. The van der Waals surface area contributed by atoms with Gasteiger partial charge in [0.1, 0.15) is 17.1 Å². The first-order valence-electron chi connectivity index (χ1n) is 9.44. The second-order valence-corrected chi connectivity index (χ2v) is 8.18. The Kier molecular flexibility index (Phi) is 6.09. The number of rotatable bonds is 5. The van der Waals surface area contributed by atoms with Crippen molar-refractivity contribution in [2.45, 2.75) is 0 Å². The SMILES string of the molecule is O=C1NC(=S)N(c2cccc(C(=O)O)c2)C(=O)C1=Cc1ccc(-c2ccc([N+](=O)[O-])cc2Br)o1. The number of furan rings is 1. The first-order chi connectivity index (χ1) is 16.2. The van der Waals surface area contributed by atoms with Crippen LogP contribution >= 0.6 is 28.1 Å². The third kappa shape index (κ3) is 4.36. The van der Waals surface area contributed by atoms with E-state index in [4.69, 9.17) is 16.6 Å². The predicted molar refractivity (Wildman–Crippen MR) is 128 cm³/mol. The van der Waals surface area contributed by atoms with Crippen LogP contribution in [-0.4, -0.2) is 32.9 Å². The Bertz CT molecular complexity index is 1430. The van der Waals surface area contributed by atoms with Crippen molar-refractivity contribution in [1.82, 2.24) is 5.32 Å². The molecule has 0 aliphatic carbocycles. The van der Waals surface area contributed by atoms with Crippen molar-refractivity contribution in [3.05, 3.63) is 86.1 Å². The summed E-state index contributed by atoms with van der Waals surface area (Å²) in [6, 6.07) is 12.8. The maximum Gasteiger partial charge on any atom is 0.335 e. The number of thiocarbonyl (C=S) groups is 1. The molecule has 2 amide bonds. The van der Waals surface area contributed by atoms with Crippen LogP contribution in [0.3, 0.4) is 0 Å². The highest BCUT2D eigenvalue weighted by Crippen LogP contribution is 2.33. The van der Waals surface area contributed by atoms with Crippen LogP contribution in [0.2, 0.25) is 0 Å². The summed E-state index contributed by atoms with van der Waals surface area (Å²) in [6.07, 6.45) is 1.23. The Morgan fingerprint density at radius 3 is 2.62 bits per heavy atom. The van der Waals surface area contributed by atoms with Gasteiger partial charge in [0.15, 0.2) is 5.11 Å². The van der Waals surface area contributed by atoms with Gasteiger partial charge in [0, 0.05) is 22.2 Å². The average Bonchev–Trinajstić information content (AvgIpc) is 3.25. The molecule has 0 atom stereocenters. The van der Waals surface area contributed by atoms with Crippen molar-refractivity contribution in [3.63, 3.8) is 0 Å². The van der Waals surface area contributed by atoms with Gasteiger partial charge in [-0.3, -0.25) is 29.9 Å². The highest BCUT2D eigenvalue weighted by molar-refractivity contribution is 9.10. The van der Waals surface area contributed by atoms with Crippen molar-refractivity contribution in [2.24, 2.45) is 0 Å². The molecule has 1 aromatic heterocycles. The second-order valence-electron chi connectivity index (χ2n) is 6.94. The molecule has 1 aliphatic rings. The first kappa shape index (κ1) is 23.0. The monoisotopic (exact) mass is 541 g/mol. The van der Waals surface area contributed by atoms with Gasteiger partial charge in [0.2, 0.25) is 0 Å². The zero-order chi connectivity index (χ0) is 24.6. The van der Waals surface area contributed by atoms with Gasteiger partial charge < -0.3 is 9.52 Å². The highest BCUT2D eigenvalue weighted by atomic mass is 79.9. The van der Waals surface area contributed by atoms with E-state index in [1.807, 2.05) is 0 Å². The number of carboxylic acid groups (broad SMARTS) is 1. The van der Waals surface area contributed by atoms with Gasteiger partial charge in [0.25, 0.3) is 17.5 Å².